The van der Waals surface area contributed by atoms with E-state index in [4.69, 9.17) is 18.9 Å². The van der Waals surface area contributed by atoms with E-state index in [1.54, 1.807) is 31.2 Å². The molecule has 0 aromatic heterocycles. The lowest BCUT2D eigenvalue weighted by atomic mass is 10.0. The summed E-state index contributed by atoms with van der Waals surface area (Å²) in [4.78, 5) is 24.0. The average Bonchev–Trinajstić information content (AvgIpc) is 2.71. The van der Waals surface area contributed by atoms with E-state index in [2.05, 4.69) is 5.32 Å². The number of carbonyl (C=O) groups excluding carboxylic acids is 2. The molecular formula is C24H29NO6. The number of ether oxygens (including phenoxy) is 4. The van der Waals surface area contributed by atoms with Crippen LogP contribution in [0.1, 0.15) is 50.0 Å². The molecule has 0 spiro atoms. The molecule has 1 aliphatic heterocycles. The summed E-state index contributed by atoms with van der Waals surface area (Å²) in [5.41, 5.74) is 0.859. The molecular weight excluding hydrogens is 398 g/mol. The fourth-order valence-corrected chi connectivity index (χ4v) is 3.20. The Kier molecular flexibility index (Phi) is 7.05. The van der Waals surface area contributed by atoms with Gasteiger partial charge in [0.15, 0.2) is 0 Å². The van der Waals surface area contributed by atoms with Crippen molar-refractivity contribution < 1.29 is 28.5 Å². The molecule has 1 amide bonds. The Hall–Kier alpha value is -3.22. The quantitative estimate of drug-likeness (QED) is 0.662. The van der Waals surface area contributed by atoms with Gasteiger partial charge < -0.3 is 24.3 Å². The van der Waals surface area contributed by atoms with Crippen molar-refractivity contribution in [3.8, 4) is 17.2 Å². The van der Waals surface area contributed by atoms with Crippen molar-refractivity contribution in [2.75, 3.05) is 13.2 Å². The van der Waals surface area contributed by atoms with Crippen molar-refractivity contribution in [3.05, 3.63) is 53.6 Å². The topological polar surface area (TPSA) is 83.1 Å². The van der Waals surface area contributed by atoms with E-state index in [1.165, 1.54) is 0 Å². The highest BCUT2D eigenvalue weighted by Crippen LogP contribution is 2.33. The number of hydrogen-bond donors (Lipinski definition) is 1. The van der Waals surface area contributed by atoms with Crippen LogP contribution in [0.15, 0.2) is 42.5 Å². The maximum Gasteiger partial charge on any atom is 0.407 e. The van der Waals surface area contributed by atoms with Crippen LogP contribution >= 0.6 is 0 Å². The van der Waals surface area contributed by atoms with Crippen LogP contribution in [-0.4, -0.2) is 36.9 Å². The maximum absolute atomic E-state index is 12.1. The largest absolute Gasteiger partial charge is 0.488 e. The zero-order valence-corrected chi connectivity index (χ0v) is 18.4. The Morgan fingerprint density at radius 2 is 1.94 bits per heavy atom. The second-order valence-corrected chi connectivity index (χ2v) is 8.25. The summed E-state index contributed by atoms with van der Waals surface area (Å²) < 4.78 is 22.3. The molecule has 31 heavy (non-hydrogen) atoms. The molecule has 2 aromatic rings. The number of amides is 1. The molecule has 0 saturated carbocycles. The van der Waals surface area contributed by atoms with Crippen LogP contribution in [0, 0.1) is 0 Å². The standard InChI is InChI=1S/C24H29NO6/c1-5-28-22(26)19-8-6-7-9-21(19)29-17-12-13-20-16(14-17)10-11-18(30-20)15-25-23(27)31-24(2,3)4/h6-9,12-14,18H,5,10-11,15H2,1-4H3,(H,25,27)/t18-/m1/s1. The summed E-state index contributed by atoms with van der Waals surface area (Å²) in [6.07, 6.45) is 0.959. The summed E-state index contributed by atoms with van der Waals surface area (Å²) in [5.74, 6) is 1.40. The van der Waals surface area contributed by atoms with Gasteiger partial charge in [0.05, 0.1) is 13.2 Å². The van der Waals surface area contributed by atoms with Crippen LogP contribution in [0.25, 0.3) is 0 Å². The van der Waals surface area contributed by atoms with Crippen molar-refractivity contribution in [1.82, 2.24) is 5.32 Å². The lowest BCUT2D eigenvalue weighted by Crippen LogP contribution is -2.40. The first-order chi connectivity index (χ1) is 14.7. The SMILES string of the molecule is CCOC(=O)c1ccccc1Oc1ccc2c(c1)CC[C@H](CNC(=O)OC(C)(C)C)O2. The second kappa shape index (κ2) is 9.73. The van der Waals surface area contributed by atoms with Crippen molar-refractivity contribution in [2.45, 2.75) is 52.2 Å². The van der Waals surface area contributed by atoms with Gasteiger partial charge in [-0.15, -0.1) is 0 Å². The summed E-state index contributed by atoms with van der Waals surface area (Å²) in [6.45, 7) is 7.91. The van der Waals surface area contributed by atoms with E-state index in [-0.39, 0.29) is 6.10 Å². The van der Waals surface area contributed by atoms with E-state index in [0.29, 0.717) is 30.2 Å². The van der Waals surface area contributed by atoms with Gasteiger partial charge in [-0.1, -0.05) is 12.1 Å². The predicted molar refractivity (Wildman–Crippen MR) is 116 cm³/mol. The van der Waals surface area contributed by atoms with Gasteiger partial charge >= 0.3 is 12.1 Å². The van der Waals surface area contributed by atoms with Gasteiger partial charge in [-0.05, 0) is 76.4 Å². The number of esters is 1. The summed E-state index contributed by atoms with van der Waals surface area (Å²) in [6, 6.07) is 12.5. The summed E-state index contributed by atoms with van der Waals surface area (Å²) in [5, 5.41) is 2.76. The Bertz CT molecular complexity index is 934. The first-order valence-corrected chi connectivity index (χ1v) is 10.5. The number of fused-ring (bicyclic) bond motifs is 1. The van der Waals surface area contributed by atoms with E-state index < -0.39 is 17.7 Å². The Morgan fingerprint density at radius 1 is 1.16 bits per heavy atom. The van der Waals surface area contributed by atoms with Crippen molar-refractivity contribution in [3.63, 3.8) is 0 Å². The first-order valence-electron chi connectivity index (χ1n) is 10.5. The van der Waals surface area contributed by atoms with Crippen LogP contribution in [-0.2, 0) is 15.9 Å². The third-order valence-electron chi connectivity index (χ3n) is 4.54. The van der Waals surface area contributed by atoms with Crippen molar-refractivity contribution in [1.29, 1.82) is 0 Å². The molecule has 1 heterocycles. The van der Waals surface area contributed by atoms with Crippen LogP contribution in [0.2, 0.25) is 0 Å². The Morgan fingerprint density at radius 3 is 2.68 bits per heavy atom. The van der Waals surface area contributed by atoms with Crippen LogP contribution in [0.5, 0.6) is 17.2 Å². The fourth-order valence-electron chi connectivity index (χ4n) is 3.20. The summed E-state index contributed by atoms with van der Waals surface area (Å²) in [7, 11) is 0. The van der Waals surface area contributed by atoms with Crippen molar-refractivity contribution in [2.24, 2.45) is 0 Å². The minimum absolute atomic E-state index is 0.128. The normalized spacial score (nSPS) is 15.3. The number of carbonyl (C=O) groups is 2. The van der Waals surface area contributed by atoms with Gasteiger partial charge in [0, 0.05) is 0 Å². The minimum atomic E-state index is -0.535. The highest BCUT2D eigenvalue weighted by Gasteiger charge is 2.23. The lowest BCUT2D eigenvalue weighted by Gasteiger charge is -2.27. The Balaban J connectivity index is 1.62. The van der Waals surface area contributed by atoms with Crippen LogP contribution in [0.3, 0.4) is 0 Å². The number of rotatable bonds is 6. The van der Waals surface area contributed by atoms with Gasteiger partial charge in [-0.3, -0.25) is 0 Å². The van der Waals surface area contributed by atoms with Gasteiger partial charge in [0.2, 0.25) is 0 Å². The molecule has 7 nitrogen and oxygen atoms in total. The van der Waals surface area contributed by atoms with E-state index in [9.17, 15) is 9.59 Å². The molecule has 0 bridgehead atoms. The molecule has 166 valence electrons. The second-order valence-electron chi connectivity index (χ2n) is 8.25. The molecule has 2 aromatic carbocycles. The van der Waals surface area contributed by atoms with Gasteiger partial charge in [0.1, 0.15) is 34.5 Å². The molecule has 1 N–H and O–H groups in total. The van der Waals surface area contributed by atoms with Crippen molar-refractivity contribution >= 4 is 12.1 Å². The Labute approximate surface area is 182 Å². The lowest BCUT2D eigenvalue weighted by molar-refractivity contribution is 0.0491. The fraction of sp³-hybridized carbons (Fsp3) is 0.417. The molecule has 0 radical (unpaired) electrons. The molecule has 0 saturated heterocycles. The number of nitrogens with one attached hydrogen (secondary N) is 1. The van der Waals surface area contributed by atoms with E-state index in [1.807, 2.05) is 39.0 Å². The number of alkyl carbamates (subject to hydrolysis) is 1. The molecule has 1 atom stereocenters. The first kappa shape index (κ1) is 22.5. The van der Waals surface area contributed by atoms with E-state index >= 15 is 0 Å². The number of hydrogen-bond acceptors (Lipinski definition) is 6. The maximum atomic E-state index is 12.1. The zero-order valence-electron chi connectivity index (χ0n) is 18.4. The number of para-hydroxylation sites is 1. The van der Waals surface area contributed by atoms with Gasteiger partial charge in [0.25, 0.3) is 0 Å². The van der Waals surface area contributed by atoms with Gasteiger partial charge in [-0.2, -0.15) is 0 Å². The molecule has 0 unspecified atom stereocenters. The van der Waals surface area contributed by atoms with Crippen LogP contribution in [0.4, 0.5) is 4.79 Å². The zero-order chi connectivity index (χ0) is 22.4. The van der Waals surface area contributed by atoms with E-state index in [0.717, 1.165) is 24.2 Å². The monoisotopic (exact) mass is 427 g/mol. The third-order valence-corrected chi connectivity index (χ3v) is 4.54. The third kappa shape index (κ3) is 6.38. The highest BCUT2D eigenvalue weighted by atomic mass is 16.6. The number of benzene rings is 2. The molecule has 1 aliphatic rings. The smallest absolute Gasteiger partial charge is 0.407 e. The molecule has 7 heteroatoms. The summed E-state index contributed by atoms with van der Waals surface area (Å²) >= 11 is 0. The highest BCUT2D eigenvalue weighted by molar-refractivity contribution is 5.92. The van der Waals surface area contributed by atoms with Gasteiger partial charge in [-0.25, -0.2) is 9.59 Å². The molecule has 3 rings (SSSR count). The predicted octanol–water partition coefficient (Wildman–Crippen LogP) is 4.87. The minimum Gasteiger partial charge on any atom is -0.488 e. The average molecular weight is 427 g/mol. The molecule has 0 aliphatic carbocycles. The molecule has 0 fully saturated rings. The van der Waals surface area contributed by atoms with Crippen LogP contribution < -0.4 is 14.8 Å². The number of aryl methyl sites for hydroxylation is 1.